The van der Waals surface area contributed by atoms with Gasteiger partial charge in [-0.25, -0.2) is 0 Å². The summed E-state index contributed by atoms with van der Waals surface area (Å²) >= 11 is 5.92. The van der Waals surface area contributed by atoms with E-state index in [1.54, 1.807) is 0 Å². The number of rotatable bonds is 10. The van der Waals surface area contributed by atoms with Gasteiger partial charge in [0.15, 0.2) is 0 Å². The van der Waals surface area contributed by atoms with Crippen LogP contribution in [0.5, 0.6) is 11.5 Å². The largest absolute Gasteiger partial charge is 0.492 e. The van der Waals surface area contributed by atoms with Crippen LogP contribution >= 0.6 is 11.6 Å². The Morgan fingerprint density at radius 3 is 1.62 bits per heavy atom. The second-order valence-corrected chi connectivity index (χ2v) is 6.14. The molecule has 0 radical (unpaired) electrons. The van der Waals surface area contributed by atoms with Gasteiger partial charge in [0.1, 0.15) is 24.7 Å². The minimum Gasteiger partial charge on any atom is -0.492 e. The summed E-state index contributed by atoms with van der Waals surface area (Å²) in [7, 11) is 0. The molecule has 0 heterocycles. The van der Waals surface area contributed by atoms with Crippen molar-refractivity contribution in [1.82, 2.24) is 4.90 Å². The number of hydrogen-bond donors (Lipinski definition) is 0. The van der Waals surface area contributed by atoms with Crippen molar-refractivity contribution in [2.75, 3.05) is 38.7 Å². The summed E-state index contributed by atoms with van der Waals surface area (Å²) < 4.78 is 11.7. The lowest BCUT2D eigenvalue weighted by Gasteiger charge is -2.22. The molecule has 0 atom stereocenters. The Hall–Kier alpha value is -1.71. The van der Waals surface area contributed by atoms with E-state index in [4.69, 9.17) is 21.1 Å². The maximum atomic E-state index is 5.92. The van der Waals surface area contributed by atoms with Gasteiger partial charge in [-0.1, -0.05) is 36.4 Å². The first-order valence-corrected chi connectivity index (χ1v) is 8.89. The van der Waals surface area contributed by atoms with E-state index in [0.29, 0.717) is 19.1 Å². The molecule has 2 aromatic carbocycles. The summed E-state index contributed by atoms with van der Waals surface area (Å²) in [6.07, 6.45) is 0. The second kappa shape index (κ2) is 10.2. The normalized spacial score (nSPS) is 10.8. The Kier molecular flexibility index (Phi) is 7.93. The number of hydrogen-bond acceptors (Lipinski definition) is 3. The van der Waals surface area contributed by atoms with Crippen LogP contribution in [0.4, 0.5) is 0 Å². The van der Waals surface area contributed by atoms with Gasteiger partial charge in [0.25, 0.3) is 0 Å². The maximum absolute atomic E-state index is 5.92. The predicted octanol–water partition coefficient (Wildman–Crippen LogP) is 4.30. The fraction of sp³-hybridized carbons (Fsp3) is 0.400. The van der Waals surface area contributed by atoms with Crippen LogP contribution in [-0.4, -0.2) is 43.6 Å². The monoisotopic (exact) mass is 347 g/mol. The molecule has 0 aliphatic heterocycles. The number of benzene rings is 2. The predicted molar refractivity (Wildman–Crippen MR) is 101 cm³/mol. The first kappa shape index (κ1) is 18.6. The van der Waals surface area contributed by atoms with E-state index in [-0.39, 0.29) is 0 Å². The van der Waals surface area contributed by atoms with Crippen molar-refractivity contribution >= 4 is 11.6 Å². The Balaban J connectivity index is 1.75. The van der Waals surface area contributed by atoms with Gasteiger partial charge in [-0.05, 0) is 37.1 Å². The van der Waals surface area contributed by atoms with Crippen LogP contribution in [0.1, 0.15) is 11.1 Å². The molecule has 0 amide bonds. The molecule has 0 unspecified atom stereocenters. The molecule has 0 saturated carbocycles. The zero-order chi connectivity index (χ0) is 17.2. The molecular weight excluding hydrogens is 322 g/mol. The molecule has 0 spiro atoms. The molecule has 2 aromatic rings. The first-order valence-electron chi connectivity index (χ1n) is 8.36. The van der Waals surface area contributed by atoms with E-state index in [1.165, 1.54) is 0 Å². The summed E-state index contributed by atoms with van der Waals surface area (Å²) in [4.78, 5) is 2.27. The minimum absolute atomic E-state index is 0.606. The molecule has 0 bridgehead atoms. The van der Waals surface area contributed by atoms with E-state index in [9.17, 15) is 0 Å². The highest BCUT2D eigenvalue weighted by Crippen LogP contribution is 2.17. The van der Waals surface area contributed by atoms with Crippen molar-refractivity contribution in [3.05, 3.63) is 59.7 Å². The average Bonchev–Trinajstić information content (AvgIpc) is 2.58. The highest BCUT2D eigenvalue weighted by molar-refractivity contribution is 6.18. The number of alkyl halides is 1. The van der Waals surface area contributed by atoms with Crippen LogP contribution < -0.4 is 9.47 Å². The summed E-state index contributed by atoms with van der Waals surface area (Å²) in [6.45, 7) is 7.90. The van der Waals surface area contributed by atoms with E-state index in [2.05, 4.69) is 30.9 Å². The zero-order valence-electron chi connectivity index (χ0n) is 14.5. The van der Waals surface area contributed by atoms with Gasteiger partial charge in [-0.2, -0.15) is 0 Å². The molecule has 24 heavy (non-hydrogen) atoms. The van der Waals surface area contributed by atoms with Crippen molar-refractivity contribution in [3.63, 3.8) is 0 Å². The molecule has 0 aliphatic rings. The Morgan fingerprint density at radius 2 is 1.21 bits per heavy atom. The lowest BCUT2D eigenvalue weighted by molar-refractivity contribution is 0.182. The Bertz CT molecular complexity index is 567. The average molecular weight is 348 g/mol. The van der Waals surface area contributed by atoms with Gasteiger partial charge in [0.2, 0.25) is 0 Å². The fourth-order valence-corrected chi connectivity index (χ4v) is 2.70. The van der Waals surface area contributed by atoms with Gasteiger partial charge in [0, 0.05) is 25.5 Å². The van der Waals surface area contributed by atoms with E-state index < -0.39 is 0 Å². The Morgan fingerprint density at radius 1 is 0.750 bits per heavy atom. The minimum atomic E-state index is 0.606. The SMILES string of the molecule is Cc1ccccc1OCCN(CCCl)CCOc1ccccc1C. The lowest BCUT2D eigenvalue weighted by Crippen LogP contribution is -2.34. The molecule has 130 valence electrons. The van der Waals surface area contributed by atoms with Crippen molar-refractivity contribution in [3.8, 4) is 11.5 Å². The van der Waals surface area contributed by atoms with Crippen molar-refractivity contribution < 1.29 is 9.47 Å². The van der Waals surface area contributed by atoms with E-state index in [0.717, 1.165) is 42.3 Å². The molecule has 0 fully saturated rings. The molecule has 0 saturated heterocycles. The number of ether oxygens (including phenoxy) is 2. The lowest BCUT2D eigenvalue weighted by atomic mass is 10.2. The number of nitrogens with zero attached hydrogens (tertiary/aromatic N) is 1. The molecule has 2 rings (SSSR count). The fourth-order valence-electron chi connectivity index (χ4n) is 2.46. The van der Waals surface area contributed by atoms with Gasteiger partial charge in [-0.3, -0.25) is 4.90 Å². The third-order valence-corrected chi connectivity index (χ3v) is 4.09. The second-order valence-electron chi connectivity index (χ2n) is 5.76. The zero-order valence-corrected chi connectivity index (χ0v) is 15.3. The van der Waals surface area contributed by atoms with Crippen molar-refractivity contribution in [2.45, 2.75) is 13.8 Å². The summed E-state index contributed by atoms with van der Waals surface area (Å²) in [5.74, 6) is 2.49. The van der Waals surface area contributed by atoms with E-state index in [1.807, 2.05) is 36.4 Å². The van der Waals surface area contributed by atoms with Crippen molar-refractivity contribution in [2.24, 2.45) is 0 Å². The smallest absolute Gasteiger partial charge is 0.122 e. The van der Waals surface area contributed by atoms with Gasteiger partial charge < -0.3 is 9.47 Å². The third-order valence-electron chi connectivity index (χ3n) is 3.92. The number of para-hydroxylation sites is 2. The summed E-state index contributed by atoms with van der Waals surface area (Å²) in [5.41, 5.74) is 2.31. The maximum Gasteiger partial charge on any atom is 0.122 e. The van der Waals surface area contributed by atoms with Gasteiger partial charge >= 0.3 is 0 Å². The molecule has 3 nitrogen and oxygen atoms in total. The molecule has 4 heteroatoms. The van der Waals surface area contributed by atoms with Crippen LogP contribution in [0, 0.1) is 13.8 Å². The summed E-state index contributed by atoms with van der Waals surface area (Å²) in [6, 6.07) is 16.1. The Labute approximate surface area is 150 Å². The summed E-state index contributed by atoms with van der Waals surface area (Å²) in [5, 5.41) is 0. The number of aryl methyl sites for hydroxylation is 2. The molecule has 0 aliphatic carbocycles. The highest BCUT2D eigenvalue weighted by atomic mass is 35.5. The third kappa shape index (κ3) is 6.06. The van der Waals surface area contributed by atoms with Crippen LogP contribution in [-0.2, 0) is 0 Å². The van der Waals surface area contributed by atoms with Crippen LogP contribution in [0.2, 0.25) is 0 Å². The van der Waals surface area contributed by atoms with Crippen LogP contribution in [0.25, 0.3) is 0 Å². The molecular formula is C20H26ClNO2. The topological polar surface area (TPSA) is 21.7 Å². The van der Waals surface area contributed by atoms with Crippen LogP contribution in [0.3, 0.4) is 0 Å². The quantitative estimate of drug-likeness (QED) is 0.598. The standard InChI is InChI=1S/C20H26ClNO2/c1-17-7-3-5-9-19(17)23-15-13-22(12-11-21)14-16-24-20-10-6-4-8-18(20)2/h3-10H,11-16H2,1-2H3. The number of halogens is 1. The van der Waals surface area contributed by atoms with Gasteiger partial charge in [-0.15, -0.1) is 11.6 Å². The first-order chi connectivity index (χ1) is 11.7. The van der Waals surface area contributed by atoms with Gasteiger partial charge in [0.05, 0.1) is 0 Å². The van der Waals surface area contributed by atoms with Crippen molar-refractivity contribution in [1.29, 1.82) is 0 Å². The van der Waals surface area contributed by atoms with E-state index >= 15 is 0 Å². The molecule has 0 aromatic heterocycles. The highest BCUT2D eigenvalue weighted by Gasteiger charge is 2.06. The van der Waals surface area contributed by atoms with Crippen LogP contribution in [0.15, 0.2) is 48.5 Å². The molecule has 0 N–H and O–H groups in total.